The van der Waals surface area contributed by atoms with E-state index in [0.29, 0.717) is 13.0 Å². The maximum atomic E-state index is 10.8. The van der Waals surface area contributed by atoms with Gasteiger partial charge >= 0.3 is 0 Å². The molecule has 0 saturated carbocycles. The van der Waals surface area contributed by atoms with Crippen molar-refractivity contribution >= 4 is 11.6 Å². The van der Waals surface area contributed by atoms with Gasteiger partial charge in [0.25, 0.3) is 0 Å². The average Bonchev–Trinajstić information content (AvgIpc) is 2.10. The minimum absolute atomic E-state index is 0.0911. The molecule has 0 aromatic carbocycles. The van der Waals surface area contributed by atoms with Gasteiger partial charge in [-0.3, -0.25) is 14.5 Å². The van der Waals surface area contributed by atoms with Crippen LogP contribution >= 0.6 is 0 Å². The van der Waals surface area contributed by atoms with Gasteiger partial charge in [-0.1, -0.05) is 0 Å². The lowest BCUT2D eigenvalue weighted by atomic mass is 10.1. The third-order valence-electron chi connectivity index (χ3n) is 1.85. The molecule has 0 bridgehead atoms. The number of ketones is 2. The van der Waals surface area contributed by atoms with Gasteiger partial charge in [-0.05, 0) is 14.0 Å². The van der Waals surface area contributed by atoms with Gasteiger partial charge in [0.2, 0.25) is 0 Å². The van der Waals surface area contributed by atoms with Crippen LogP contribution in [0.3, 0.4) is 0 Å². The van der Waals surface area contributed by atoms with Gasteiger partial charge in [-0.2, -0.15) is 0 Å². The highest BCUT2D eigenvalue weighted by atomic mass is 16.1. The van der Waals surface area contributed by atoms with E-state index in [1.54, 1.807) is 11.9 Å². The Morgan fingerprint density at radius 2 is 2.30 bits per heavy atom. The van der Waals surface area contributed by atoms with Gasteiger partial charge in [0.1, 0.15) is 11.6 Å². The first-order valence-corrected chi connectivity index (χ1v) is 3.33. The molecule has 1 saturated heterocycles. The second kappa shape index (κ2) is 2.50. The van der Waals surface area contributed by atoms with Crippen molar-refractivity contribution in [3.8, 4) is 0 Å². The van der Waals surface area contributed by atoms with E-state index in [9.17, 15) is 9.59 Å². The van der Waals surface area contributed by atoms with Crippen LogP contribution in [-0.4, -0.2) is 36.1 Å². The van der Waals surface area contributed by atoms with Crippen molar-refractivity contribution in [3.05, 3.63) is 0 Å². The molecule has 1 unspecified atom stereocenters. The number of likely N-dealkylation sites (tertiary alicyclic amines) is 1. The molecule has 0 radical (unpaired) electrons. The smallest absolute Gasteiger partial charge is 0.148 e. The van der Waals surface area contributed by atoms with Crippen LogP contribution in [0.25, 0.3) is 0 Å². The Balaban J connectivity index is 2.63. The number of hydrogen-bond donors (Lipinski definition) is 0. The largest absolute Gasteiger partial charge is 0.298 e. The number of carbonyl (C=O) groups is 2. The number of likely N-dealkylation sites (N-methyl/N-ethyl adjacent to an activating group) is 1. The molecule has 1 aliphatic rings. The van der Waals surface area contributed by atoms with Crippen LogP contribution in [0.4, 0.5) is 0 Å². The molecule has 0 amide bonds. The van der Waals surface area contributed by atoms with Gasteiger partial charge in [-0.15, -0.1) is 0 Å². The van der Waals surface area contributed by atoms with E-state index < -0.39 is 0 Å². The van der Waals surface area contributed by atoms with Crippen molar-refractivity contribution in [1.82, 2.24) is 4.90 Å². The summed E-state index contributed by atoms with van der Waals surface area (Å²) in [6.07, 6.45) is 0.409. The van der Waals surface area contributed by atoms with Gasteiger partial charge in [0.05, 0.1) is 12.6 Å². The Kier molecular flexibility index (Phi) is 1.85. The zero-order valence-corrected chi connectivity index (χ0v) is 6.26. The summed E-state index contributed by atoms with van der Waals surface area (Å²) in [5, 5.41) is 0. The summed E-state index contributed by atoms with van der Waals surface area (Å²) >= 11 is 0. The van der Waals surface area contributed by atoms with Gasteiger partial charge in [0.15, 0.2) is 0 Å². The number of carbonyl (C=O) groups excluding carboxylic acids is 2. The van der Waals surface area contributed by atoms with Crippen LogP contribution in [0.15, 0.2) is 0 Å². The summed E-state index contributed by atoms with van der Waals surface area (Å²) in [5.41, 5.74) is 0. The summed E-state index contributed by atoms with van der Waals surface area (Å²) in [6, 6.07) is -0.146. The van der Waals surface area contributed by atoms with Crippen molar-refractivity contribution in [2.24, 2.45) is 0 Å². The number of Topliss-reactive ketones (excluding diaryl/α,β-unsaturated/α-hetero) is 2. The average molecular weight is 141 g/mol. The highest BCUT2D eigenvalue weighted by Crippen LogP contribution is 2.11. The Morgan fingerprint density at radius 3 is 2.50 bits per heavy atom. The third-order valence-corrected chi connectivity index (χ3v) is 1.85. The van der Waals surface area contributed by atoms with Gasteiger partial charge in [-0.25, -0.2) is 0 Å². The first kappa shape index (κ1) is 7.41. The van der Waals surface area contributed by atoms with Gasteiger partial charge in [0, 0.05) is 6.42 Å². The maximum absolute atomic E-state index is 10.8. The summed E-state index contributed by atoms with van der Waals surface area (Å²) in [5.74, 6) is 0.260. The van der Waals surface area contributed by atoms with Crippen LogP contribution in [0.1, 0.15) is 13.3 Å². The molecular weight excluding hydrogens is 130 g/mol. The Morgan fingerprint density at radius 1 is 1.70 bits per heavy atom. The Hall–Kier alpha value is -0.700. The third kappa shape index (κ3) is 1.24. The minimum Gasteiger partial charge on any atom is -0.298 e. The quantitative estimate of drug-likeness (QED) is 0.509. The van der Waals surface area contributed by atoms with Crippen molar-refractivity contribution < 1.29 is 9.59 Å². The summed E-state index contributed by atoms with van der Waals surface area (Å²) in [4.78, 5) is 23.4. The summed E-state index contributed by atoms with van der Waals surface area (Å²) < 4.78 is 0. The lowest BCUT2D eigenvalue weighted by Gasteiger charge is -2.13. The second-order valence-corrected chi connectivity index (χ2v) is 2.78. The molecule has 1 aliphatic heterocycles. The number of rotatable bonds is 1. The molecule has 1 rings (SSSR count). The summed E-state index contributed by atoms with van der Waals surface area (Å²) in [7, 11) is 1.80. The topological polar surface area (TPSA) is 37.4 Å². The normalized spacial score (nSPS) is 27.4. The van der Waals surface area contributed by atoms with Crippen LogP contribution < -0.4 is 0 Å². The van der Waals surface area contributed by atoms with Crippen molar-refractivity contribution in [3.63, 3.8) is 0 Å². The zero-order chi connectivity index (χ0) is 7.72. The molecule has 3 nitrogen and oxygen atoms in total. The summed E-state index contributed by atoms with van der Waals surface area (Å²) in [6.45, 7) is 1.96. The first-order chi connectivity index (χ1) is 4.61. The number of nitrogens with zero attached hydrogens (tertiary/aromatic N) is 1. The molecule has 1 heterocycles. The molecule has 10 heavy (non-hydrogen) atoms. The SMILES string of the molecule is CC(=O)C1CC(=O)CN1C. The molecule has 1 atom stereocenters. The molecule has 0 aromatic rings. The van der Waals surface area contributed by atoms with Crippen LogP contribution in [0.2, 0.25) is 0 Å². The molecule has 3 heteroatoms. The van der Waals surface area contributed by atoms with Crippen LogP contribution in [-0.2, 0) is 9.59 Å². The standard InChI is InChI=1S/C7H11NO2/c1-5(9)7-3-6(10)4-8(7)2/h7H,3-4H2,1-2H3. The highest BCUT2D eigenvalue weighted by molar-refractivity contribution is 5.93. The molecule has 0 spiro atoms. The van der Waals surface area contributed by atoms with E-state index in [4.69, 9.17) is 0 Å². The van der Waals surface area contributed by atoms with E-state index in [1.165, 1.54) is 6.92 Å². The predicted octanol–water partition coefficient (Wildman–Crippen LogP) is -0.151. The van der Waals surface area contributed by atoms with Crippen molar-refractivity contribution in [2.45, 2.75) is 19.4 Å². The van der Waals surface area contributed by atoms with Gasteiger partial charge < -0.3 is 0 Å². The Labute approximate surface area is 60.0 Å². The number of hydrogen-bond acceptors (Lipinski definition) is 3. The lowest BCUT2D eigenvalue weighted by molar-refractivity contribution is -0.121. The van der Waals surface area contributed by atoms with E-state index in [2.05, 4.69) is 0 Å². The van der Waals surface area contributed by atoms with E-state index >= 15 is 0 Å². The Bertz CT molecular complexity index is 176. The molecule has 1 fully saturated rings. The molecule has 56 valence electrons. The fourth-order valence-electron chi connectivity index (χ4n) is 1.28. The first-order valence-electron chi connectivity index (χ1n) is 3.33. The molecule has 0 aromatic heterocycles. The molecular formula is C7H11NO2. The fraction of sp³-hybridized carbons (Fsp3) is 0.714. The monoisotopic (exact) mass is 141 g/mol. The van der Waals surface area contributed by atoms with Crippen LogP contribution in [0.5, 0.6) is 0 Å². The van der Waals surface area contributed by atoms with E-state index in [1.807, 2.05) is 0 Å². The van der Waals surface area contributed by atoms with Crippen LogP contribution in [0, 0.1) is 0 Å². The van der Waals surface area contributed by atoms with Crippen molar-refractivity contribution in [2.75, 3.05) is 13.6 Å². The molecule has 0 aliphatic carbocycles. The van der Waals surface area contributed by atoms with Crippen molar-refractivity contribution in [1.29, 1.82) is 0 Å². The van der Waals surface area contributed by atoms with E-state index in [0.717, 1.165) is 0 Å². The highest BCUT2D eigenvalue weighted by Gasteiger charge is 2.30. The van der Waals surface area contributed by atoms with E-state index in [-0.39, 0.29) is 17.6 Å². The molecule has 0 N–H and O–H groups in total. The maximum Gasteiger partial charge on any atom is 0.148 e. The minimum atomic E-state index is -0.146. The predicted molar refractivity (Wildman–Crippen MR) is 36.7 cm³/mol. The zero-order valence-electron chi connectivity index (χ0n) is 6.26. The lowest BCUT2D eigenvalue weighted by Crippen LogP contribution is -2.30. The second-order valence-electron chi connectivity index (χ2n) is 2.78. The fourth-order valence-corrected chi connectivity index (χ4v) is 1.28.